The minimum absolute atomic E-state index is 0.0545. The number of rotatable bonds is 6. The molecule has 4 heteroatoms. The molecule has 136 valence electrons. The maximum atomic E-state index is 13.1. The Morgan fingerprint density at radius 3 is 2.29 bits per heavy atom. The second kappa shape index (κ2) is 6.34. The Balaban J connectivity index is 1.73. The molecule has 4 aliphatic carbocycles. The number of carbonyl (C=O) groups excluding carboxylic acids is 1. The normalized spacial score (nSPS) is 41.3. The van der Waals surface area contributed by atoms with Gasteiger partial charge in [-0.05, 0) is 88.4 Å². The van der Waals surface area contributed by atoms with Gasteiger partial charge in [0.15, 0.2) is 0 Å². The predicted molar refractivity (Wildman–Crippen MR) is 94.0 cm³/mol. The van der Waals surface area contributed by atoms with Crippen LogP contribution in [0.4, 0.5) is 0 Å². The summed E-state index contributed by atoms with van der Waals surface area (Å²) in [5.74, 6) is 2.85. The minimum Gasteiger partial charge on any atom is -0.458 e. The molecule has 4 nitrogen and oxygen atoms in total. The Morgan fingerprint density at radius 2 is 1.83 bits per heavy atom. The van der Waals surface area contributed by atoms with Crippen molar-refractivity contribution in [3.05, 3.63) is 0 Å². The SMILES string of the molecule is CCC(C)(CC(C)/C=N/O)C(=O)OC1(C)C2CC3CC(C2)CC1C3. The Labute approximate surface area is 146 Å². The van der Waals surface area contributed by atoms with Crippen molar-refractivity contribution >= 4 is 12.2 Å². The molecular formula is C20H33NO3. The molecule has 24 heavy (non-hydrogen) atoms. The zero-order valence-electron chi connectivity index (χ0n) is 15.6. The van der Waals surface area contributed by atoms with Crippen LogP contribution in [0.5, 0.6) is 0 Å². The summed E-state index contributed by atoms with van der Waals surface area (Å²) in [6, 6.07) is 0. The van der Waals surface area contributed by atoms with Crippen molar-refractivity contribution < 1.29 is 14.7 Å². The van der Waals surface area contributed by atoms with Gasteiger partial charge in [0.25, 0.3) is 0 Å². The average molecular weight is 335 g/mol. The molecule has 0 aromatic carbocycles. The summed E-state index contributed by atoms with van der Waals surface area (Å²) in [5.41, 5.74) is -0.784. The molecule has 4 fully saturated rings. The van der Waals surface area contributed by atoms with Gasteiger partial charge < -0.3 is 9.94 Å². The van der Waals surface area contributed by atoms with Gasteiger partial charge in [-0.1, -0.05) is 13.8 Å². The van der Waals surface area contributed by atoms with Crippen LogP contribution < -0.4 is 0 Å². The number of hydrogen-bond acceptors (Lipinski definition) is 4. The summed E-state index contributed by atoms with van der Waals surface area (Å²) in [4.78, 5) is 13.1. The van der Waals surface area contributed by atoms with E-state index in [2.05, 4.69) is 12.1 Å². The first-order valence-electron chi connectivity index (χ1n) is 9.71. The van der Waals surface area contributed by atoms with Crippen molar-refractivity contribution in [3.63, 3.8) is 0 Å². The summed E-state index contributed by atoms with van der Waals surface area (Å²) in [7, 11) is 0. The van der Waals surface area contributed by atoms with Gasteiger partial charge in [0, 0.05) is 6.21 Å². The van der Waals surface area contributed by atoms with Crippen molar-refractivity contribution in [2.45, 2.75) is 78.2 Å². The highest BCUT2D eigenvalue weighted by Crippen LogP contribution is 2.59. The third-order valence-corrected chi connectivity index (χ3v) is 7.44. The number of hydrogen-bond donors (Lipinski definition) is 1. The number of ether oxygens (including phenoxy) is 1. The van der Waals surface area contributed by atoms with Crippen molar-refractivity contribution in [1.29, 1.82) is 0 Å². The van der Waals surface area contributed by atoms with Crippen molar-refractivity contribution in [1.82, 2.24) is 0 Å². The lowest BCUT2D eigenvalue weighted by atomic mass is 9.50. The first-order valence-corrected chi connectivity index (χ1v) is 9.71. The fourth-order valence-electron chi connectivity index (χ4n) is 5.86. The molecule has 4 saturated carbocycles. The maximum Gasteiger partial charge on any atom is 0.312 e. The highest BCUT2D eigenvalue weighted by atomic mass is 16.6. The van der Waals surface area contributed by atoms with E-state index in [-0.39, 0.29) is 17.5 Å². The molecule has 0 amide bonds. The van der Waals surface area contributed by atoms with Crippen LogP contribution in [0.3, 0.4) is 0 Å². The first kappa shape index (κ1) is 17.8. The Kier molecular flexibility index (Phi) is 4.69. The van der Waals surface area contributed by atoms with Crippen LogP contribution in [0.2, 0.25) is 0 Å². The van der Waals surface area contributed by atoms with E-state index in [4.69, 9.17) is 9.94 Å². The van der Waals surface area contributed by atoms with Crippen LogP contribution in [0, 0.1) is 35.0 Å². The van der Waals surface area contributed by atoms with Gasteiger partial charge in [-0.2, -0.15) is 0 Å². The average Bonchev–Trinajstić information content (AvgIpc) is 2.52. The van der Waals surface area contributed by atoms with E-state index in [1.165, 1.54) is 38.3 Å². The molecular weight excluding hydrogens is 302 g/mol. The lowest BCUT2D eigenvalue weighted by Gasteiger charge is -2.59. The number of carbonyl (C=O) groups is 1. The van der Waals surface area contributed by atoms with Crippen LogP contribution in [0.25, 0.3) is 0 Å². The van der Waals surface area contributed by atoms with Crippen LogP contribution in [0.15, 0.2) is 5.16 Å². The Bertz CT molecular complexity index is 487. The minimum atomic E-state index is -0.516. The third kappa shape index (κ3) is 2.97. The van der Waals surface area contributed by atoms with Gasteiger partial charge in [0.2, 0.25) is 0 Å². The van der Waals surface area contributed by atoms with Crippen LogP contribution in [-0.2, 0) is 9.53 Å². The van der Waals surface area contributed by atoms with Crippen molar-refractivity contribution in [2.75, 3.05) is 0 Å². The van der Waals surface area contributed by atoms with E-state index in [9.17, 15) is 4.79 Å². The van der Waals surface area contributed by atoms with Crippen molar-refractivity contribution in [3.8, 4) is 0 Å². The topological polar surface area (TPSA) is 58.9 Å². The number of esters is 1. The Morgan fingerprint density at radius 1 is 1.29 bits per heavy atom. The van der Waals surface area contributed by atoms with Gasteiger partial charge in [0.05, 0.1) is 5.41 Å². The molecule has 2 unspecified atom stereocenters. The van der Waals surface area contributed by atoms with Crippen molar-refractivity contribution in [2.24, 2.45) is 40.2 Å². The quantitative estimate of drug-likeness (QED) is 0.333. The molecule has 0 spiro atoms. The van der Waals surface area contributed by atoms with E-state index >= 15 is 0 Å². The van der Waals surface area contributed by atoms with Gasteiger partial charge in [-0.25, -0.2) is 0 Å². The zero-order valence-corrected chi connectivity index (χ0v) is 15.6. The molecule has 0 aliphatic heterocycles. The monoisotopic (exact) mass is 335 g/mol. The van der Waals surface area contributed by atoms with E-state index in [0.717, 1.165) is 18.3 Å². The molecule has 0 aromatic rings. The summed E-state index contributed by atoms with van der Waals surface area (Å²) < 4.78 is 6.30. The molecule has 4 rings (SSSR count). The second-order valence-electron chi connectivity index (χ2n) is 9.24. The summed E-state index contributed by atoms with van der Waals surface area (Å²) in [5, 5.41) is 11.9. The largest absolute Gasteiger partial charge is 0.458 e. The molecule has 4 bridgehead atoms. The van der Waals surface area contributed by atoms with Crippen LogP contribution in [-0.4, -0.2) is 23.0 Å². The lowest BCUT2D eigenvalue weighted by Crippen LogP contribution is -2.59. The number of nitrogens with zero attached hydrogens (tertiary/aromatic N) is 1. The molecule has 0 heterocycles. The van der Waals surface area contributed by atoms with E-state index in [0.29, 0.717) is 18.3 Å². The lowest BCUT2D eigenvalue weighted by molar-refractivity contribution is -0.212. The smallest absolute Gasteiger partial charge is 0.312 e. The van der Waals surface area contributed by atoms with Gasteiger partial charge in [0.1, 0.15) is 5.60 Å². The predicted octanol–water partition coefficient (Wildman–Crippen LogP) is 4.65. The molecule has 2 atom stereocenters. The molecule has 4 aliphatic rings. The summed E-state index contributed by atoms with van der Waals surface area (Å²) >= 11 is 0. The molecule has 0 saturated heterocycles. The number of oxime groups is 1. The molecule has 1 N–H and O–H groups in total. The van der Waals surface area contributed by atoms with E-state index in [1.54, 1.807) is 0 Å². The summed E-state index contributed by atoms with van der Waals surface area (Å²) in [6.45, 7) is 8.22. The maximum absolute atomic E-state index is 13.1. The van der Waals surface area contributed by atoms with Crippen LogP contribution in [0.1, 0.15) is 72.6 Å². The summed E-state index contributed by atoms with van der Waals surface area (Å²) in [6.07, 6.45) is 9.28. The standard InChI is InChI=1S/C20H33NO3/c1-5-19(3,11-13(2)12-21-23)18(22)24-20(4)16-7-14-6-15(9-16)10-17(20)8-14/h12-17,23H,5-11H2,1-4H3/b21-12+. The highest BCUT2D eigenvalue weighted by Gasteiger charge is 2.57. The Hall–Kier alpha value is -1.06. The fourth-order valence-corrected chi connectivity index (χ4v) is 5.86. The van der Waals surface area contributed by atoms with E-state index < -0.39 is 5.41 Å². The molecule has 0 aromatic heterocycles. The molecule has 0 radical (unpaired) electrons. The van der Waals surface area contributed by atoms with Gasteiger partial charge in [-0.3, -0.25) is 4.79 Å². The third-order valence-electron chi connectivity index (χ3n) is 7.44. The second-order valence-corrected chi connectivity index (χ2v) is 9.24. The van der Waals surface area contributed by atoms with Crippen LogP contribution >= 0.6 is 0 Å². The zero-order chi connectivity index (χ0) is 17.5. The van der Waals surface area contributed by atoms with Gasteiger partial charge in [-0.15, -0.1) is 5.16 Å². The van der Waals surface area contributed by atoms with Gasteiger partial charge >= 0.3 is 5.97 Å². The van der Waals surface area contributed by atoms with E-state index in [1.807, 2.05) is 20.8 Å². The highest BCUT2D eigenvalue weighted by molar-refractivity contribution is 5.77. The fraction of sp³-hybridized carbons (Fsp3) is 0.900. The first-order chi connectivity index (χ1) is 11.3.